The normalized spacial score (nSPS) is 20.4. The molecule has 32 heavy (non-hydrogen) atoms. The second-order valence-corrected chi connectivity index (χ2v) is 8.88. The Morgan fingerprint density at radius 3 is 2.91 bits per heavy atom. The molecule has 12 heteroatoms. The van der Waals surface area contributed by atoms with E-state index < -0.39 is 10.3 Å². The van der Waals surface area contributed by atoms with E-state index in [1.165, 1.54) is 16.8 Å². The zero-order valence-electron chi connectivity index (χ0n) is 17.5. The third kappa shape index (κ3) is 4.02. The predicted molar refractivity (Wildman–Crippen MR) is 120 cm³/mol. The van der Waals surface area contributed by atoms with E-state index in [2.05, 4.69) is 41.6 Å². The van der Waals surface area contributed by atoms with Crippen molar-refractivity contribution in [1.29, 1.82) is 0 Å². The molecule has 1 aliphatic carbocycles. The van der Waals surface area contributed by atoms with Crippen LogP contribution in [0.15, 0.2) is 29.0 Å². The zero-order valence-corrected chi connectivity index (χ0v) is 19.1. The number of nitrogens with one attached hydrogen (secondary N) is 2. The summed E-state index contributed by atoms with van der Waals surface area (Å²) in [7, 11) is 1.64. The Balaban J connectivity index is 1.69. The molecule has 3 N–H and O–H groups in total. The molecule has 2 heterocycles. The third-order valence-electron chi connectivity index (χ3n) is 5.83. The average molecular weight is 504 g/mol. The van der Waals surface area contributed by atoms with Gasteiger partial charge in [-0.25, -0.2) is 9.67 Å². The number of aliphatic hydroxyl groups is 1. The van der Waals surface area contributed by atoms with Gasteiger partial charge >= 0.3 is 0 Å². The van der Waals surface area contributed by atoms with Crippen molar-refractivity contribution in [3.05, 3.63) is 44.7 Å². The fourth-order valence-corrected chi connectivity index (χ4v) is 4.59. The number of carbonyl (C=O) groups excluding carboxylic acids is 1. The van der Waals surface area contributed by atoms with Crippen molar-refractivity contribution in [2.24, 2.45) is 5.41 Å². The number of carbonyl (C=O) groups is 1. The highest BCUT2D eigenvalue weighted by Gasteiger charge is 2.41. The molecule has 0 bridgehead atoms. The quantitative estimate of drug-likeness (QED) is 0.343. The van der Waals surface area contributed by atoms with Crippen molar-refractivity contribution in [1.82, 2.24) is 25.1 Å². The molecule has 1 saturated carbocycles. The van der Waals surface area contributed by atoms with E-state index in [-0.39, 0.29) is 24.2 Å². The van der Waals surface area contributed by atoms with Crippen LogP contribution in [0.3, 0.4) is 0 Å². The van der Waals surface area contributed by atoms with Crippen molar-refractivity contribution in [3.63, 3.8) is 0 Å². The summed E-state index contributed by atoms with van der Waals surface area (Å²) in [6.07, 6.45) is 3.84. The summed E-state index contributed by atoms with van der Waals surface area (Å²) in [6.45, 7) is 1.60. The third-order valence-corrected chi connectivity index (χ3v) is 6.42. The lowest BCUT2D eigenvalue weighted by atomic mass is 9.87. The molecular weight excluding hydrogens is 482 g/mol. The van der Waals surface area contributed by atoms with Crippen LogP contribution in [0.25, 0.3) is 16.7 Å². The number of nitro benzene ring substituents is 1. The van der Waals surface area contributed by atoms with Crippen LogP contribution in [0.4, 0.5) is 11.6 Å². The van der Waals surface area contributed by atoms with Crippen molar-refractivity contribution in [2.45, 2.75) is 38.8 Å². The maximum atomic E-state index is 12.2. The van der Waals surface area contributed by atoms with Gasteiger partial charge in [-0.05, 0) is 46.8 Å². The van der Waals surface area contributed by atoms with Gasteiger partial charge in [-0.2, -0.15) is 10.1 Å². The molecule has 1 aromatic carbocycles. The number of hydrogen-bond acceptors (Lipinski definition) is 8. The van der Waals surface area contributed by atoms with Crippen LogP contribution < -0.4 is 10.6 Å². The molecule has 168 valence electrons. The van der Waals surface area contributed by atoms with Crippen LogP contribution in [0.2, 0.25) is 0 Å². The summed E-state index contributed by atoms with van der Waals surface area (Å²) in [6, 6.07) is 4.34. The number of non-ortho nitro benzene ring substituents is 1. The monoisotopic (exact) mass is 503 g/mol. The van der Waals surface area contributed by atoms with E-state index in [1.54, 1.807) is 19.3 Å². The maximum Gasteiger partial charge on any atom is 0.271 e. The predicted octanol–water partition coefficient (Wildman–Crippen LogP) is 2.70. The molecule has 4 rings (SSSR count). The smallest absolute Gasteiger partial charge is 0.271 e. The van der Waals surface area contributed by atoms with Crippen molar-refractivity contribution in [3.8, 4) is 5.69 Å². The Labute approximate surface area is 191 Å². The lowest BCUT2D eigenvalue weighted by Gasteiger charge is -2.22. The van der Waals surface area contributed by atoms with E-state index in [0.29, 0.717) is 39.3 Å². The first-order chi connectivity index (χ1) is 15.2. The second-order valence-electron chi connectivity index (χ2n) is 8.13. The first-order valence-electron chi connectivity index (χ1n) is 10.0. The number of amides is 1. The fourth-order valence-electron chi connectivity index (χ4n) is 4.15. The number of benzene rings is 1. The number of fused-ring (bicyclic) bond motifs is 1. The highest BCUT2D eigenvalue weighted by Crippen LogP contribution is 2.39. The van der Waals surface area contributed by atoms with E-state index in [4.69, 9.17) is 0 Å². The number of hydrogen-bond donors (Lipinski definition) is 3. The molecule has 0 saturated heterocycles. The van der Waals surface area contributed by atoms with Gasteiger partial charge in [0.2, 0.25) is 11.9 Å². The molecule has 1 aliphatic rings. The minimum Gasteiger partial charge on any atom is -0.392 e. The molecule has 0 spiro atoms. The van der Waals surface area contributed by atoms with E-state index >= 15 is 0 Å². The number of anilines is 1. The summed E-state index contributed by atoms with van der Waals surface area (Å²) in [4.78, 5) is 32.0. The van der Waals surface area contributed by atoms with Crippen molar-refractivity contribution in [2.75, 3.05) is 12.4 Å². The van der Waals surface area contributed by atoms with Crippen LogP contribution >= 0.6 is 15.9 Å². The molecule has 3 aromatic rings. The number of rotatable bonds is 6. The summed E-state index contributed by atoms with van der Waals surface area (Å²) < 4.78 is 1.96. The summed E-state index contributed by atoms with van der Waals surface area (Å²) in [5.41, 5.74) is 0.645. The summed E-state index contributed by atoms with van der Waals surface area (Å²) >= 11 is 3.39. The van der Waals surface area contributed by atoms with Gasteiger partial charge in [0, 0.05) is 36.8 Å². The highest BCUT2D eigenvalue weighted by molar-refractivity contribution is 9.10. The molecule has 0 aliphatic heterocycles. The zero-order chi connectivity index (χ0) is 23.0. The second kappa shape index (κ2) is 8.43. The molecule has 0 radical (unpaired) electrons. The average Bonchev–Trinajstić information content (AvgIpc) is 3.33. The standard InChI is InChI=1S/C20H22BrN7O4/c1-20(18(30)22-2)4-3-12(8-20)24-19-23-9-15-16(21)26-27(17(15)25-19)13-5-11(10-29)6-14(7-13)28(31)32/h5-7,9,12,29H,3-4,8,10H2,1-2H3,(H,22,30)(H,23,24,25)/t12-,20-/m1/s1. The van der Waals surface area contributed by atoms with Crippen LogP contribution in [0, 0.1) is 15.5 Å². The molecule has 11 nitrogen and oxygen atoms in total. The Hall–Kier alpha value is -3.12. The van der Waals surface area contributed by atoms with E-state index in [1.807, 2.05) is 6.92 Å². The number of halogens is 1. The Kier molecular flexibility index (Phi) is 5.82. The first-order valence-corrected chi connectivity index (χ1v) is 10.8. The molecule has 1 fully saturated rings. The SMILES string of the molecule is CNC(=O)[C@]1(C)CC[C@@H](Nc2ncc3c(Br)nn(-c4cc(CO)cc([N+](=O)[O-])c4)c3n2)C1. The molecular formula is C20H22BrN7O4. The number of nitrogens with zero attached hydrogens (tertiary/aromatic N) is 5. The van der Waals surface area contributed by atoms with Crippen LogP contribution in [0.1, 0.15) is 31.7 Å². The first kappa shape index (κ1) is 22.1. The van der Waals surface area contributed by atoms with Gasteiger partial charge in [-0.1, -0.05) is 6.92 Å². The molecule has 2 atom stereocenters. The highest BCUT2D eigenvalue weighted by atomic mass is 79.9. The Morgan fingerprint density at radius 2 is 2.22 bits per heavy atom. The van der Waals surface area contributed by atoms with Crippen LogP contribution in [-0.4, -0.2) is 48.8 Å². The number of aromatic nitrogens is 4. The Morgan fingerprint density at radius 1 is 1.44 bits per heavy atom. The van der Waals surface area contributed by atoms with Gasteiger partial charge in [0.05, 0.1) is 22.6 Å². The minimum absolute atomic E-state index is 0.0190. The Bertz CT molecular complexity index is 1210. The lowest BCUT2D eigenvalue weighted by molar-refractivity contribution is -0.384. The molecule has 1 amide bonds. The van der Waals surface area contributed by atoms with E-state index in [0.717, 1.165) is 12.8 Å². The van der Waals surface area contributed by atoms with Gasteiger partial charge in [-0.3, -0.25) is 14.9 Å². The largest absolute Gasteiger partial charge is 0.392 e. The molecule has 0 unspecified atom stereocenters. The van der Waals surface area contributed by atoms with Crippen molar-refractivity contribution >= 4 is 44.5 Å². The van der Waals surface area contributed by atoms with Gasteiger partial charge in [0.15, 0.2) is 5.65 Å². The number of aliphatic hydroxyl groups excluding tert-OH is 1. The van der Waals surface area contributed by atoms with Gasteiger partial charge in [-0.15, -0.1) is 0 Å². The minimum atomic E-state index is -0.519. The van der Waals surface area contributed by atoms with Gasteiger partial charge < -0.3 is 15.7 Å². The fraction of sp³-hybridized carbons (Fsp3) is 0.400. The van der Waals surface area contributed by atoms with Gasteiger partial charge in [0.25, 0.3) is 5.69 Å². The van der Waals surface area contributed by atoms with Gasteiger partial charge in [0.1, 0.15) is 4.60 Å². The molecule has 2 aromatic heterocycles. The van der Waals surface area contributed by atoms with E-state index in [9.17, 15) is 20.0 Å². The summed E-state index contributed by atoms with van der Waals surface area (Å²) in [5.74, 6) is 0.399. The lowest BCUT2D eigenvalue weighted by Crippen LogP contribution is -2.35. The summed E-state index contributed by atoms with van der Waals surface area (Å²) in [5, 5.41) is 31.9. The maximum absolute atomic E-state index is 12.2. The van der Waals surface area contributed by atoms with Crippen LogP contribution in [-0.2, 0) is 11.4 Å². The van der Waals surface area contributed by atoms with Crippen molar-refractivity contribution < 1.29 is 14.8 Å². The number of nitro groups is 1. The topological polar surface area (TPSA) is 148 Å². The van der Waals surface area contributed by atoms with Crippen LogP contribution in [0.5, 0.6) is 0 Å².